The van der Waals surface area contributed by atoms with Crippen LogP contribution in [-0.2, 0) is 0 Å². The first-order chi connectivity index (χ1) is 23.9. The van der Waals surface area contributed by atoms with Crippen LogP contribution in [-0.4, -0.2) is 0 Å². The van der Waals surface area contributed by atoms with E-state index in [1.807, 2.05) is 54.6 Å². The summed E-state index contributed by atoms with van der Waals surface area (Å²) in [5.41, 5.74) is 2.37. The predicted molar refractivity (Wildman–Crippen MR) is 165 cm³/mol. The SMILES string of the molecule is [2H]c1c([2H])c([2H])c2c([2H])c3c(c([2H])c([2H])c4c([2H])c([2H])c([2H])c([2H])c43)c(-c3ccc4c5c(cccc35)-c3c(ccc5ccccc35)O4)c2c1[2H]. The van der Waals surface area contributed by atoms with Crippen molar-refractivity contribution in [1.29, 1.82) is 0 Å². The van der Waals surface area contributed by atoms with Crippen molar-refractivity contribution in [3.63, 3.8) is 0 Å². The molecule has 0 saturated heterocycles. The Morgan fingerprint density at radius 3 is 2.18 bits per heavy atom. The van der Waals surface area contributed by atoms with Gasteiger partial charge in [-0.2, -0.15) is 0 Å². The van der Waals surface area contributed by atoms with E-state index >= 15 is 0 Å². The Hall–Kier alpha value is -5.14. The van der Waals surface area contributed by atoms with Gasteiger partial charge < -0.3 is 4.74 Å². The summed E-state index contributed by atoms with van der Waals surface area (Å²) < 4.78 is 104. The molecule has 0 aliphatic carbocycles. The van der Waals surface area contributed by atoms with Gasteiger partial charge in [-0.05, 0) is 89.4 Å². The molecule has 0 spiro atoms. The van der Waals surface area contributed by atoms with Crippen LogP contribution in [0.25, 0.3) is 76.1 Å². The van der Waals surface area contributed by atoms with Crippen molar-refractivity contribution in [1.82, 2.24) is 0 Å². The van der Waals surface area contributed by atoms with Crippen LogP contribution in [0.1, 0.15) is 15.1 Å². The second-order valence-electron chi connectivity index (χ2n) is 9.60. The summed E-state index contributed by atoms with van der Waals surface area (Å²) in [6.45, 7) is 0. The Balaban J connectivity index is 1.56. The zero-order valence-electron chi connectivity index (χ0n) is 31.3. The number of benzene rings is 8. The molecule has 8 aromatic carbocycles. The van der Waals surface area contributed by atoms with Gasteiger partial charge in [0.1, 0.15) is 11.5 Å². The minimum atomic E-state index is -0.583. The highest BCUT2D eigenvalue weighted by Gasteiger charge is 2.24. The van der Waals surface area contributed by atoms with Crippen LogP contribution < -0.4 is 4.74 Å². The van der Waals surface area contributed by atoms with Gasteiger partial charge in [-0.1, -0.05) is 109 Å². The quantitative estimate of drug-likeness (QED) is 0.159. The Morgan fingerprint density at radius 1 is 0.436 bits per heavy atom. The minimum Gasteiger partial charge on any atom is -0.456 e. The average Bonchev–Trinajstić information content (AvgIpc) is 3.12. The molecule has 0 radical (unpaired) electrons. The van der Waals surface area contributed by atoms with Crippen molar-refractivity contribution in [3.8, 4) is 33.8 Å². The standard InChI is InChI=1S/C38H22O/c1-4-11-26-23(8-1)16-18-31-33(26)22-25-10-3-6-13-28(25)36(31)30-19-21-35-38-29(30)14-7-15-32(38)37-27-12-5-2-9-24(27)17-20-34(37)39-35/h1-22H/i1D,3D,4D,6D,8D,10D,11D,13D,16D,18D,22D. The summed E-state index contributed by atoms with van der Waals surface area (Å²) in [7, 11) is 0. The summed E-state index contributed by atoms with van der Waals surface area (Å²) >= 11 is 0. The van der Waals surface area contributed by atoms with E-state index in [2.05, 4.69) is 0 Å². The van der Waals surface area contributed by atoms with Crippen molar-refractivity contribution in [3.05, 3.63) is 133 Å². The third-order valence-corrected chi connectivity index (χ3v) is 7.59. The van der Waals surface area contributed by atoms with E-state index in [0.717, 1.165) is 27.3 Å². The third kappa shape index (κ3) is 2.85. The molecular weight excluding hydrogens is 472 g/mol. The first kappa shape index (κ1) is 13.1. The highest BCUT2D eigenvalue weighted by molar-refractivity contribution is 6.24. The molecule has 180 valence electrons. The third-order valence-electron chi connectivity index (χ3n) is 7.59. The molecule has 1 aliphatic heterocycles. The smallest absolute Gasteiger partial charge is 0.135 e. The summed E-state index contributed by atoms with van der Waals surface area (Å²) in [5.74, 6) is 1.23. The van der Waals surface area contributed by atoms with Gasteiger partial charge in [-0.15, -0.1) is 0 Å². The van der Waals surface area contributed by atoms with Crippen LogP contribution in [0.2, 0.25) is 0 Å². The van der Waals surface area contributed by atoms with E-state index in [1.165, 1.54) is 0 Å². The normalized spacial score (nSPS) is 16.3. The zero-order chi connectivity index (χ0) is 35.1. The fourth-order valence-electron chi connectivity index (χ4n) is 5.95. The van der Waals surface area contributed by atoms with E-state index in [1.54, 1.807) is 12.1 Å². The van der Waals surface area contributed by atoms with Crippen LogP contribution >= 0.6 is 0 Å². The maximum atomic E-state index is 9.40. The van der Waals surface area contributed by atoms with Gasteiger partial charge in [-0.3, -0.25) is 0 Å². The van der Waals surface area contributed by atoms with Crippen molar-refractivity contribution in [2.24, 2.45) is 0 Å². The van der Waals surface area contributed by atoms with Crippen LogP contribution in [0, 0.1) is 0 Å². The molecule has 0 fully saturated rings. The van der Waals surface area contributed by atoms with Gasteiger partial charge in [0.2, 0.25) is 0 Å². The lowest BCUT2D eigenvalue weighted by Gasteiger charge is -2.24. The Bertz CT molecular complexity index is 2920. The molecule has 0 bridgehead atoms. The van der Waals surface area contributed by atoms with Crippen LogP contribution in [0.15, 0.2) is 133 Å². The average molecular weight is 506 g/mol. The van der Waals surface area contributed by atoms with Gasteiger partial charge >= 0.3 is 0 Å². The highest BCUT2D eigenvalue weighted by Crippen LogP contribution is 2.52. The van der Waals surface area contributed by atoms with Crippen molar-refractivity contribution in [2.45, 2.75) is 0 Å². The molecule has 39 heavy (non-hydrogen) atoms. The molecule has 1 aliphatic rings. The van der Waals surface area contributed by atoms with Gasteiger partial charge in [0, 0.05) is 10.9 Å². The molecule has 0 saturated carbocycles. The molecule has 1 nitrogen and oxygen atoms in total. The molecule has 0 unspecified atom stereocenters. The second kappa shape index (κ2) is 7.69. The van der Waals surface area contributed by atoms with E-state index in [9.17, 15) is 2.74 Å². The van der Waals surface area contributed by atoms with Crippen LogP contribution in [0.3, 0.4) is 0 Å². The Morgan fingerprint density at radius 2 is 1.23 bits per heavy atom. The molecule has 1 heteroatoms. The van der Waals surface area contributed by atoms with Gasteiger partial charge in [-0.25, -0.2) is 0 Å². The molecule has 0 amide bonds. The molecule has 8 aromatic rings. The number of hydrogen-bond acceptors (Lipinski definition) is 1. The molecule has 0 N–H and O–H groups in total. The summed E-state index contributed by atoms with van der Waals surface area (Å²) in [4.78, 5) is 0. The van der Waals surface area contributed by atoms with Crippen LogP contribution in [0.4, 0.5) is 0 Å². The lowest BCUT2D eigenvalue weighted by Crippen LogP contribution is -1.99. The number of rotatable bonds is 1. The number of fused-ring (bicyclic) bond motifs is 8. The van der Waals surface area contributed by atoms with Crippen molar-refractivity contribution < 1.29 is 19.8 Å². The minimum absolute atomic E-state index is 0.0154. The summed E-state index contributed by atoms with van der Waals surface area (Å²) in [6, 6.07) is 15.5. The zero-order valence-corrected chi connectivity index (χ0v) is 20.3. The van der Waals surface area contributed by atoms with Gasteiger partial charge in [0.15, 0.2) is 0 Å². The molecule has 0 atom stereocenters. The predicted octanol–water partition coefficient (Wildman–Crippen LogP) is 10.9. The molecule has 1 heterocycles. The highest BCUT2D eigenvalue weighted by atomic mass is 16.5. The van der Waals surface area contributed by atoms with E-state index < -0.39 is 66.5 Å². The van der Waals surface area contributed by atoms with Gasteiger partial charge in [0.05, 0.1) is 15.1 Å². The first-order valence-corrected chi connectivity index (χ1v) is 12.6. The maximum absolute atomic E-state index is 9.40. The largest absolute Gasteiger partial charge is 0.456 e. The number of ether oxygens (including phenoxy) is 1. The Labute approximate surface area is 241 Å². The summed E-state index contributed by atoms with van der Waals surface area (Å²) in [6.07, 6.45) is 0. The van der Waals surface area contributed by atoms with Gasteiger partial charge in [0.25, 0.3) is 0 Å². The van der Waals surface area contributed by atoms with E-state index in [-0.39, 0.29) is 37.9 Å². The lowest BCUT2D eigenvalue weighted by atomic mass is 9.85. The first-order valence-electron chi connectivity index (χ1n) is 18.1. The monoisotopic (exact) mass is 505 g/mol. The molecular formula is C38H22O. The topological polar surface area (TPSA) is 9.23 Å². The number of hydrogen-bond donors (Lipinski definition) is 0. The van der Waals surface area contributed by atoms with Crippen LogP contribution in [0.5, 0.6) is 11.5 Å². The lowest BCUT2D eigenvalue weighted by molar-refractivity contribution is 0.488. The van der Waals surface area contributed by atoms with Crippen molar-refractivity contribution in [2.75, 3.05) is 0 Å². The fraction of sp³-hybridized carbons (Fsp3) is 0. The molecule has 0 aromatic heterocycles. The van der Waals surface area contributed by atoms with E-state index in [4.69, 9.17) is 17.1 Å². The van der Waals surface area contributed by atoms with E-state index in [0.29, 0.717) is 22.4 Å². The summed E-state index contributed by atoms with van der Waals surface area (Å²) in [5, 5.41) is 2.68. The second-order valence-corrected chi connectivity index (χ2v) is 9.60. The fourth-order valence-corrected chi connectivity index (χ4v) is 5.95. The van der Waals surface area contributed by atoms with Crippen molar-refractivity contribution >= 4 is 53.9 Å². The molecule has 9 rings (SSSR count). The maximum Gasteiger partial charge on any atom is 0.135 e. The Kier molecular flexibility index (Phi) is 2.58.